The van der Waals surface area contributed by atoms with Crippen LogP contribution in [0.5, 0.6) is 0 Å². The van der Waals surface area contributed by atoms with Crippen molar-refractivity contribution in [3.05, 3.63) is 0 Å². The summed E-state index contributed by atoms with van der Waals surface area (Å²) < 4.78 is 0. The Labute approximate surface area is 88.9 Å². The van der Waals surface area contributed by atoms with Crippen molar-refractivity contribution in [2.24, 2.45) is 5.92 Å². The first-order chi connectivity index (χ1) is 6.95. The molecule has 0 spiro atoms. The van der Waals surface area contributed by atoms with Crippen molar-refractivity contribution in [2.45, 2.75) is 57.8 Å². The molecule has 0 radical (unpaired) electrons. The van der Waals surface area contributed by atoms with Gasteiger partial charge in [0, 0.05) is 0 Å². The number of nitrogens with zero attached hydrogens (tertiary/aromatic N) is 1. The van der Waals surface area contributed by atoms with Crippen LogP contribution in [0.2, 0.25) is 0 Å². The van der Waals surface area contributed by atoms with Gasteiger partial charge in [-0.15, -0.1) is 0 Å². The van der Waals surface area contributed by atoms with Gasteiger partial charge in [0.2, 0.25) is 0 Å². The molecule has 0 aromatic carbocycles. The van der Waals surface area contributed by atoms with Crippen molar-refractivity contribution in [3.63, 3.8) is 0 Å². The highest BCUT2D eigenvalue weighted by molar-refractivity contribution is 4.70. The van der Waals surface area contributed by atoms with Gasteiger partial charge >= 0.3 is 0 Å². The highest BCUT2D eigenvalue weighted by Gasteiger charge is 2.16. The van der Waals surface area contributed by atoms with Gasteiger partial charge in [-0.3, -0.25) is 0 Å². The zero-order valence-electron chi connectivity index (χ0n) is 9.51. The van der Waals surface area contributed by atoms with Crippen LogP contribution < -0.4 is 0 Å². The molecular weight excluding hydrogens is 170 g/mol. The molecule has 1 saturated heterocycles. The molecule has 0 bridgehead atoms. The number of hydrogen-bond donors (Lipinski definition) is 0. The van der Waals surface area contributed by atoms with Crippen LogP contribution in [0, 0.1) is 5.92 Å². The molecular formula is C13H25N. The minimum atomic E-state index is 1.08. The fraction of sp³-hybridized carbons (Fsp3) is 1.00. The molecule has 1 heterocycles. The van der Waals surface area contributed by atoms with Crippen molar-refractivity contribution in [3.8, 4) is 0 Å². The van der Waals surface area contributed by atoms with E-state index in [1.807, 2.05) is 0 Å². The Kier molecular flexibility index (Phi) is 4.30. The lowest BCUT2D eigenvalue weighted by Gasteiger charge is -2.21. The fourth-order valence-corrected chi connectivity index (χ4v) is 3.02. The van der Waals surface area contributed by atoms with Crippen molar-refractivity contribution < 1.29 is 0 Å². The molecule has 0 aromatic rings. The van der Waals surface area contributed by atoms with Crippen molar-refractivity contribution in [2.75, 3.05) is 19.6 Å². The van der Waals surface area contributed by atoms with E-state index in [1.165, 1.54) is 77.4 Å². The average Bonchev–Trinajstić information content (AvgIpc) is 2.58. The molecule has 0 atom stereocenters. The Morgan fingerprint density at radius 3 is 2.07 bits per heavy atom. The van der Waals surface area contributed by atoms with Crippen LogP contribution in [0.25, 0.3) is 0 Å². The maximum Gasteiger partial charge on any atom is -0.00161 e. The van der Waals surface area contributed by atoms with Crippen LogP contribution in [0.15, 0.2) is 0 Å². The molecule has 0 N–H and O–H groups in total. The topological polar surface area (TPSA) is 3.24 Å². The number of rotatable bonds is 3. The average molecular weight is 195 g/mol. The van der Waals surface area contributed by atoms with Gasteiger partial charge in [-0.05, 0) is 44.8 Å². The fourth-order valence-electron chi connectivity index (χ4n) is 3.02. The van der Waals surface area contributed by atoms with E-state index < -0.39 is 0 Å². The van der Waals surface area contributed by atoms with Gasteiger partial charge < -0.3 is 4.90 Å². The van der Waals surface area contributed by atoms with Crippen molar-refractivity contribution in [1.82, 2.24) is 4.90 Å². The van der Waals surface area contributed by atoms with Crippen LogP contribution in [0.4, 0.5) is 0 Å². The standard InChI is InChI=1S/C13H25N/c1-2-6-11-14(10-5-1)12-9-13-7-3-4-8-13/h13H,1-12H2. The second-order valence-corrected chi connectivity index (χ2v) is 5.20. The van der Waals surface area contributed by atoms with E-state index in [2.05, 4.69) is 4.90 Å². The number of hydrogen-bond acceptors (Lipinski definition) is 1. The molecule has 82 valence electrons. The summed E-state index contributed by atoms with van der Waals surface area (Å²) in [5, 5.41) is 0. The largest absolute Gasteiger partial charge is 0.303 e. The van der Waals surface area contributed by atoms with Gasteiger partial charge in [0.05, 0.1) is 0 Å². The summed E-state index contributed by atoms with van der Waals surface area (Å²) in [4.78, 5) is 2.71. The molecule has 14 heavy (non-hydrogen) atoms. The third-order valence-corrected chi connectivity index (χ3v) is 4.03. The molecule has 0 aromatic heterocycles. The lowest BCUT2D eigenvalue weighted by molar-refractivity contribution is 0.261. The van der Waals surface area contributed by atoms with Crippen molar-refractivity contribution in [1.29, 1.82) is 0 Å². The van der Waals surface area contributed by atoms with Gasteiger partial charge in [-0.1, -0.05) is 38.5 Å². The van der Waals surface area contributed by atoms with Crippen LogP contribution in [-0.2, 0) is 0 Å². The third-order valence-electron chi connectivity index (χ3n) is 4.03. The number of likely N-dealkylation sites (tertiary alicyclic amines) is 1. The van der Waals surface area contributed by atoms with E-state index in [9.17, 15) is 0 Å². The van der Waals surface area contributed by atoms with E-state index in [-0.39, 0.29) is 0 Å². The second kappa shape index (κ2) is 5.75. The first-order valence-electron chi connectivity index (χ1n) is 6.67. The summed E-state index contributed by atoms with van der Waals surface area (Å²) in [7, 11) is 0. The third kappa shape index (κ3) is 3.27. The minimum Gasteiger partial charge on any atom is -0.303 e. The Bertz CT molecular complexity index is 141. The first kappa shape index (κ1) is 10.5. The van der Waals surface area contributed by atoms with Gasteiger partial charge in [0.1, 0.15) is 0 Å². The van der Waals surface area contributed by atoms with E-state index in [0.717, 1.165) is 5.92 Å². The predicted molar refractivity (Wildman–Crippen MR) is 61.5 cm³/mol. The molecule has 1 heteroatoms. The van der Waals surface area contributed by atoms with Crippen LogP contribution in [-0.4, -0.2) is 24.5 Å². The molecule has 2 fully saturated rings. The monoisotopic (exact) mass is 195 g/mol. The molecule has 0 amide bonds. The Balaban J connectivity index is 1.62. The van der Waals surface area contributed by atoms with Crippen LogP contribution in [0.3, 0.4) is 0 Å². The Hall–Kier alpha value is -0.0400. The Morgan fingerprint density at radius 1 is 0.786 bits per heavy atom. The van der Waals surface area contributed by atoms with Gasteiger partial charge in [-0.25, -0.2) is 0 Å². The summed E-state index contributed by atoms with van der Waals surface area (Å²) in [6.07, 6.45) is 13.4. The molecule has 1 aliphatic heterocycles. The quantitative estimate of drug-likeness (QED) is 0.667. The summed E-state index contributed by atoms with van der Waals surface area (Å²) >= 11 is 0. The molecule has 2 aliphatic rings. The van der Waals surface area contributed by atoms with E-state index in [4.69, 9.17) is 0 Å². The first-order valence-corrected chi connectivity index (χ1v) is 6.67. The Morgan fingerprint density at radius 2 is 1.43 bits per heavy atom. The lowest BCUT2D eigenvalue weighted by atomic mass is 10.0. The molecule has 1 saturated carbocycles. The van der Waals surface area contributed by atoms with Gasteiger partial charge in [-0.2, -0.15) is 0 Å². The molecule has 0 unspecified atom stereocenters. The SMILES string of the molecule is C1CCCN(CCC2CCCC2)CC1. The zero-order chi connectivity index (χ0) is 9.64. The maximum atomic E-state index is 2.71. The zero-order valence-corrected chi connectivity index (χ0v) is 9.51. The minimum absolute atomic E-state index is 1.08. The van der Waals surface area contributed by atoms with Gasteiger partial charge in [0.25, 0.3) is 0 Å². The molecule has 2 rings (SSSR count). The van der Waals surface area contributed by atoms with Crippen molar-refractivity contribution >= 4 is 0 Å². The van der Waals surface area contributed by atoms with Crippen LogP contribution in [0.1, 0.15) is 57.8 Å². The summed E-state index contributed by atoms with van der Waals surface area (Å²) in [5.74, 6) is 1.08. The summed E-state index contributed by atoms with van der Waals surface area (Å²) in [6.45, 7) is 4.16. The van der Waals surface area contributed by atoms with Crippen LogP contribution >= 0.6 is 0 Å². The smallest absolute Gasteiger partial charge is 0.00161 e. The van der Waals surface area contributed by atoms with E-state index >= 15 is 0 Å². The summed E-state index contributed by atoms with van der Waals surface area (Å²) in [6, 6.07) is 0. The molecule has 1 nitrogen and oxygen atoms in total. The highest BCUT2D eigenvalue weighted by Crippen LogP contribution is 2.27. The second-order valence-electron chi connectivity index (χ2n) is 5.20. The molecule has 1 aliphatic carbocycles. The summed E-state index contributed by atoms with van der Waals surface area (Å²) in [5.41, 5.74) is 0. The lowest BCUT2D eigenvalue weighted by Crippen LogP contribution is -2.26. The normalized spacial score (nSPS) is 26.6. The predicted octanol–water partition coefficient (Wildman–Crippen LogP) is 3.44. The van der Waals surface area contributed by atoms with E-state index in [0.29, 0.717) is 0 Å². The maximum absolute atomic E-state index is 2.71. The van der Waals surface area contributed by atoms with E-state index in [1.54, 1.807) is 0 Å². The van der Waals surface area contributed by atoms with Gasteiger partial charge in [0.15, 0.2) is 0 Å². The highest BCUT2D eigenvalue weighted by atomic mass is 15.1.